The molecule has 0 aromatic heterocycles. The lowest BCUT2D eigenvalue weighted by Crippen LogP contribution is -2.31. The van der Waals surface area contributed by atoms with Gasteiger partial charge < -0.3 is 14.4 Å². The number of nitrogens with zero attached hydrogens (tertiary/aromatic N) is 1. The molecular weight excluding hydrogens is 206 g/mol. The molecule has 1 atom stereocenters. The van der Waals surface area contributed by atoms with Crippen molar-refractivity contribution in [3.63, 3.8) is 0 Å². The van der Waals surface area contributed by atoms with Gasteiger partial charge in [-0.15, -0.1) is 0 Å². The van der Waals surface area contributed by atoms with E-state index < -0.39 is 0 Å². The molecule has 0 spiro atoms. The highest BCUT2D eigenvalue weighted by molar-refractivity contribution is 5.86. The highest BCUT2D eigenvalue weighted by Gasteiger charge is 2.22. The smallest absolute Gasteiger partial charge is 0.245 e. The molecule has 1 aliphatic heterocycles. The van der Waals surface area contributed by atoms with Gasteiger partial charge in [-0.25, -0.2) is 0 Å². The van der Waals surface area contributed by atoms with Gasteiger partial charge in [0.2, 0.25) is 5.91 Å². The number of carbonyl (C=O) groups is 1. The normalized spacial score (nSPS) is 18.2. The van der Waals surface area contributed by atoms with Crippen molar-refractivity contribution in [1.29, 1.82) is 0 Å². The third-order valence-electron chi connectivity index (χ3n) is 2.40. The predicted molar refractivity (Wildman–Crippen MR) is 62.2 cm³/mol. The van der Waals surface area contributed by atoms with Gasteiger partial charge in [0, 0.05) is 19.7 Å². The van der Waals surface area contributed by atoms with Crippen LogP contribution in [0.3, 0.4) is 0 Å². The summed E-state index contributed by atoms with van der Waals surface area (Å²) >= 11 is 0. The Bertz CT molecular complexity index is 226. The molecule has 16 heavy (non-hydrogen) atoms. The molecule has 4 nitrogen and oxygen atoms in total. The van der Waals surface area contributed by atoms with Crippen LogP contribution in [0.2, 0.25) is 0 Å². The quantitative estimate of drug-likeness (QED) is 0.338. The fourth-order valence-electron chi connectivity index (χ4n) is 1.47. The number of hydrogen-bond acceptors (Lipinski definition) is 3. The molecule has 1 heterocycles. The minimum absolute atomic E-state index is 0.00683. The number of amides is 1. The zero-order valence-electron chi connectivity index (χ0n) is 9.98. The summed E-state index contributed by atoms with van der Waals surface area (Å²) in [5, 5.41) is 0. The molecule has 1 amide bonds. The number of rotatable bonds is 9. The summed E-state index contributed by atoms with van der Waals surface area (Å²) < 4.78 is 10.4. The molecule has 0 saturated carbocycles. The Labute approximate surface area is 97.2 Å². The molecule has 1 unspecified atom stereocenters. The molecule has 0 aromatic rings. The fourth-order valence-corrected chi connectivity index (χ4v) is 1.47. The van der Waals surface area contributed by atoms with Crippen LogP contribution in [-0.4, -0.2) is 49.8 Å². The van der Waals surface area contributed by atoms with Crippen LogP contribution in [0.25, 0.3) is 0 Å². The van der Waals surface area contributed by atoms with Gasteiger partial charge in [-0.05, 0) is 18.9 Å². The number of carbonyl (C=O) groups excluding carboxylic acids is 1. The molecule has 4 heteroatoms. The maximum absolute atomic E-state index is 11.4. The number of epoxide rings is 1. The van der Waals surface area contributed by atoms with Crippen LogP contribution in [0.5, 0.6) is 0 Å². The van der Waals surface area contributed by atoms with E-state index in [1.165, 1.54) is 6.08 Å². The Morgan fingerprint density at radius 3 is 2.94 bits per heavy atom. The van der Waals surface area contributed by atoms with Gasteiger partial charge in [-0.1, -0.05) is 13.5 Å². The Balaban J connectivity index is 2.05. The zero-order chi connectivity index (χ0) is 11.8. The third-order valence-corrected chi connectivity index (χ3v) is 2.40. The van der Waals surface area contributed by atoms with Crippen molar-refractivity contribution >= 4 is 5.91 Å². The molecule has 1 rings (SSSR count). The fraction of sp³-hybridized carbons (Fsp3) is 0.750. The summed E-state index contributed by atoms with van der Waals surface area (Å²) in [5.41, 5.74) is 0. The van der Waals surface area contributed by atoms with Crippen molar-refractivity contribution in [3.8, 4) is 0 Å². The van der Waals surface area contributed by atoms with Crippen LogP contribution >= 0.6 is 0 Å². The summed E-state index contributed by atoms with van der Waals surface area (Å²) in [7, 11) is 0. The van der Waals surface area contributed by atoms with Crippen LogP contribution in [0.15, 0.2) is 12.7 Å². The minimum atomic E-state index is 0.00683. The summed E-state index contributed by atoms with van der Waals surface area (Å²) in [5.74, 6) is 0.00683. The van der Waals surface area contributed by atoms with Gasteiger partial charge in [0.1, 0.15) is 6.10 Å². The van der Waals surface area contributed by atoms with Crippen molar-refractivity contribution in [2.24, 2.45) is 0 Å². The lowest BCUT2D eigenvalue weighted by molar-refractivity contribution is -0.126. The van der Waals surface area contributed by atoms with E-state index in [2.05, 4.69) is 13.5 Å². The van der Waals surface area contributed by atoms with E-state index >= 15 is 0 Å². The zero-order valence-corrected chi connectivity index (χ0v) is 9.98. The summed E-state index contributed by atoms with van der Waals surface area (Å²) in [6.07, 6.45) is 3.53. The van der Waals surface area contributed by atoms with E-state index in [-0.39, 0.29) is 5.91 Å². The van der Waals surface area contributed by atoms with Crippen LogP contribution in [0.1, 0.15) is 19.8 Å². The average molecular weight is 227 g/mol. The van der Waals surface area contributed by atoms with Gasteiger partial charge in [-0.2, -0.15) is 0 Å². The standard InChI is InChI=1S/C12H21NO3/c1-3-6-13(12(14)4-2)7-5-8-15-9-11-10-16-11/h4,11H,2-3,5-10H2,1H3. The van der Waals surface area contributed by atoms with E-state index in [1.807, 2.05) is 4.90 Å². The predicted octanol–water partition coefficient (Wildman–Crippen LogP) is 1.22. The van der Waals surface area contributed by atoms with E-state index in [4.69, 9.17) is 9.47 Å². The van der Waals surface area contributed by atoms with Gasteiger partial charge >= 0.3 is 0 Å². The molecule has 0 bridgehead atoms. The Hall–Kier alpha value is -0.870. The Morgan fingerprint density at radius 2 is 2.38 bits per heavy atom. The molecule has 0 radical (unpaired) electrons. The highest BCUT2D eigenvalue weighted by Crippen LogP contribution is 2.08. The summed E-state index contributed by atoms with van der Waals surface area (Å²) in [6, 6.07) is 0. The summed E-state index contributed by atoms with van der Waals surface area (Å²) in [4.78, 5) is 13.2. The SMILES string of the molecule is C=CC(=O)N(CCC)CCCOCC1CO1. The average Bonchev–Trinajstić information content (AvgIpc) is 3.10. The molecule has 1 saturated heterocycles. The largest absolute Gasteiger partial charge is 0.379 e. The number of hydrogen-bond donors (Lipinski definition) is 0. The van der Waals surface area contributed by atoms with Gasteiger partial charge in [-0.3, -0.25) is 4.79 Å². The van der Waals surface area contributed by atoms with Crippen molar-refractivity contribution in [2.75, 3.05) is 32.9 Å². The van der Waals surface area contributed by atoms with E-state index in [0.717, 1.165) is 32.5 Å². The first-order valence-corrected chi connectivity index (χ1v) is 5.88. The van der Waals surface area contributed by atoms with Crippen molar-refractivity contribution < 1.29 is 14.3 Å². The number of ether oxygens (including phenoxy) is 2. The first-order chi connectivity index (χ1) is 7.77. The second kappa shape index (κ2) is 7.41. The highest BCUT2D eigenvalue weighted by atomic mass is 16.6. The lowest BCUT2D eigenvalue weighted by Gasteiger charge is -2.20. The maximum atomic E-state index is 11.4. The van der Waals surface area contributed by atoms with Crippen LogP contribution < -0.4 is 0 Å². The van der Waals surface area contributed by atoms with E-state index in [1.54, 1.807) is 0 Å². The molecule has 1 fully saturated rings. The Morgan fingerprint density at radius 1 is 1.62 bits per heavy atom. The first-order valence-electron chi connectivity index (χ1n) is 5.88. The van der Waals surface area contributed by atoms with Gasteiger partial charge in [0.05, 0.1) is 13.2 Å². The van der Waals surface area contributed by atoms with Gasteiger partial charge in [0.15, 0.2) is 0 Å². The second-order valence-electron chi connectivity index (χ2n) is 3.91. The molecule has 0 aliphatic carbocycles. The van der Waals surface area contributed by atoms with E-state index in [0.29, 0.717) is 19.3 Å². The van der Waals surface area contributed by atoms with Crippen molar-refractivity contribution in [2.45, 2.75) is 25.9 Å². The first kappa shape index (κ1) is 13.2. The molecular formula is C12H21NO3. The van der Waals surface area contributed by atoms with Crippen LogP contribution in [0.4, 0.5) is 0 Å². The van der Waals surface area contributed by atoms with Crippen molar-refractivity contribution in [3.05, 3.63) is 12.7 Å². The van der Waals surface area contributed by atoms with Crippen molar-refractivity contribution in [1.82, 2.24) is 4.90 Å². The van der Waals surface area contributed by atoms with Gasteiger partial charge in [0.25, 0.3) is 0 Å². The second-order valence-corrected chi connectivity index (χ2v) is 3.91. The van der Waals surface area contributed by atoms with E-state index in [9.17, 15) is 4.79 Å². The Kier molecular flexibility index (Phi) is 6.11. The minimum Gasteiger partial charge on any atom is -0.379 e. The lowest BCUT2D eigenvalue weighted by atomic mass is 10.3. The molecule has 92 valence electrons. The topological polar surface area (TPSA) is 42.1 Å². The maximum Gasteiger partial charge on any atom is 0.245 e. The van der Waals surface area contributed by atoms with Crippen LogP contribution in [0, 0.1) is 0 Å². The molecule has 1 aliphatic rings. The molecule has 0 N–H and O–H groups in total. The van der Waals surface area contributed by atoms with Crippen LogP contribution in [-0.2, 0) is 14.3 Å². The monoisotopic (exact) mass is 227 g/mol. The third kappa shape index (κ3) is 5.28. The summed E-state index contributed by atoms with van der Waals surface area (Å²) in [6.45, 7) is 9.29. The molecule has 0 aromatic carbocycles.